The van der Waals surface area contributed by atoms with Crippen molar-refractivity contribution in [1.82, 2.24) is 4.98 Å². The molecule has 1 saturated heterocycles. The van der Waals surface area contributed by atoms with Gasteiger partial charge in [-0.1, -0.05) is 29.5 Å². The van der Waals surface area contributed by atoms with E-state index in [1.165, 1.54) is 0 Å². The van der Waals surface area contributed by atoms with Gasteiger partial charge in [-0.25, -0.2) is 13.4 Å². The largest absolute Gasteiger partial charge is 0.378 e. The van der Waals surface area contributed by atoms with Crippen LogP contribution in [0.2, 0.25) is 0 Å². The highest BCUT2D eigenvalue weighted by Gasteiger charge is 2.17. The predicted molar refractivity (Wildman–Crippen MR) is 99.9 cm³/mol. The van der Waals surface area contributed by atoms with Crippen LogP contribution in [0.3, 0.4) is 0 Å². The molecule has 0 saturated carbocycles. The second-order valence-corrected chi connectivity index (χ2v) is 8.39. The molecule has 1 N–H and O–H groups in total. The molecule has 8 heteroatoms. The van der Waals surface area contributed by atoms with Crippen LogP contribution in [-0.2, 0) is 14.8 Å². The van der Waals surface area contributed by atoms with E-state index in [0.717, 1.165) is 28.4 Å². The number of benzene rings is 2. The van der Waals surface area contributed by atoms with Crippen molar-refractivity contribution >= 4 is 42.4 Å². The lowest BCUT2D eigenvalue weighted by Crippen LogP contribution is -2.36. The van der Waals surface area contributed by atoms with Crippen LogP contribution in [0.25, 0.3) is 10.2 Å². The van der Waals surface area contributed by atoms with Gasteiger partial charge in [-0.15, -0.1) is 0 Å². The van der Waals surface area contributed by atoms with E-state index in [-0.39, 0.29) is 4.90 Å². The molecule has 0 bridgehead atoms. The van der Waals surface area contributed by atoms with Crippen molar-refractivity contribution in [2.75, 3.05) is 35.9 Å². The molecule has 2 aromatic carbocycles. The lowest BCUT2D eigenvalue weighted by molar-refractivity contribution is 0.122. The summed E-state index contributed by atoms with van der Waals surface area (Å²) in [6, 6.07) is 13.8. The maximum Gasteiger partial charge on any atom is 0.261 e. The summed E-state index contributed by atoms with van der Waals surface area (Å²) in [5.74, 6) is 0. The molecule has 6 nitrogen and oxygen atoms in total. The van der Waals surface area contributed by atoms with Crippen molar-refractivity contribution in [2.45, 2.75) is 4.90 Å². The second kappa shape index (κ2) is 6.62. The van der Waals surface area contributed by atoms with E-state index in [1.54, 1.807) is 47.7 Å². The lowest BCUT2D eigenvalue weighted by Gasteiger charge is -2.25. The summed E-state index contributed by atoms with van der Waals surface area (Å²) < 4.78 is 33.8. The van der Waals surface area contributed by atoms with Crippen LogP contribution in [-0.4, -0.2) is 39.7 Å². The maximum atomic E-state index is 12.4. The number of ether oxygens (including phenoxy) is 1. The van der Waals surface area contributed by atoms with E-state index in [9.17, 15) is 8.42 Å². The third kappa shape index (κ3) is 3.46. The Balaban J connectivity index is 1.61. The van der Waals surface area contributed by atoms with Crippen molar-refractivity contribution in [1.29, 1.82) is 0 Å². The number of morpholine rings is 1. The zero-order valence-corrected chi connectivity index (χ0v) is 15.0. The molecule has 2 heterocycles. The summed E-state index contributed by atoms with van der Waals surface area (Å²) in [5, 5.41) is 0.946. The summed E-state index contributed by atoms with van der Waals surface area (Å²) >= 11 is 1.56. The van der Waals surface area contributed by atoms with Crippen molar-refractivity contribution in [3.63, 3.8) is 0 Å². The Morgan fingerprint density at radius 3 is 2.60 bits per heavy atom. The van der Waals surface area contributed by atoms with E-state index in [1.807, 2.05) is 12.1 Å². The van der Waals surface area contributed by atoms with E-state index in [2.05, 4.69) is 14.6 Å². The summed E-state index contributed by atoms with van der Waals surface area (Å²) in [4.78, 5) is 7.08. The van der Waals surface area contributed by atoms with E-state index in [0.29, 0.717) is 18.9 Å². The second-order valence-electron chi connectivity index (χ2n) is 5.70. The molecule has 4 rings (SSSR count). The molecule has 0 aliphatic carbocycles. The number of rotatable bonds is 4. The van der Waals surface area contributed by atoms with Crippen molar-refractivity contribution in [3.05, 3.63) is 48.5 Å². The number of thiazole rings is 1. The first-order chi connectivity index (χ1) is 12.1. The minimum Gasteiger partial charge on any atom is -0.378 e. The highest BCUT2D eigenvalue weighted by molar-refractivity contribution is 7.92. The summed E-state index contributed by atoms with van der Waals surface area (Å²) in [5.41, 5.74) is 1.41. The Hall–Kier alpha value is -2.16. The van der Waals surface area contributed by atoms with Gasteiger partial charge in [-0.2, -0.15) is 0 Å². The summed E-state index contributed by atoms with van der Waals surface area (Å²) in [6.07, 6.45) is 0. The van der Waals surface area contributed by atoms with Crippen LogP contribution in [0, 0.1) is 0 Å². The minimum atomic E-state index is -3.59. The van der Waals surface area contributed by atoms with E-state index < -0.39 is 10.0 Å². The standard InChI is InChI=1S/C17H17N3O3S2/c21-25(22,14-4-2-1-3-5-14)19-13-6-7-15-16(12-13)24-17(18-15)20-8-10-23-11-9-20/h1-7,12,19H,8-11H2. The number of sulfonamides is 1. The number of aromatic nitrogens is 1. The van der Waals surface area contributed by atoms with E-state index in [4.69, 9.17) is 4.74 Å². The summed E-state index contributed by atoms with van der Waals surface area (Å²) in [6.45, 7) is 3.07. The number of fused-ring (bicyclic) bond motifs is 1. The Bertz CT molecular complexity index is 981. The van der Waals surface area contributed by atoms with Gasteiger partial charge in [0.05, 0.1) is 34.0 Å². The van der Waals surface area contributed by atoms with Crippen molar-refractivity contribution in [2.24, 2.45) is 0 Å². The molecule has 0 atom stereocenters. The van der Waals surface area contributed by atoms with Crippen molar-refractivity contribution in [3.8, 4) is 0 Å². The smallest absolute Gasteiger partial charge is 0.261 e. The quantitative estimate of drug-likeness (QED) is 0.759. The van der Waals surface area contributed by atoms with Gasteiger partial charge < -0.3 is 9.64 Å². The number of anilines is 2. The number of nitrogens with zero attached hydrogens (tertiary/aromatic N) is 2. The monoisotopic (exact) mass is 375 g/mol. The Morgan fingerprint density at radius 1 is 1.08 bits per heavy atom. The number of hydrogen-bond acceptors (Lipinski definition) is 6. The van der Waals surface area contributed by atoms with Gasteiger partial charge in [0.1, 0.15) is 0 Å². The molecular formula is C17H17N3O3S2. The average molecular weight is 375 g/mol. The molecule has 3 aromatic rings. The normalized spacial score (nSPS) is 15.4. The highest BCUT2D eigenvalue weighted by atomic mass is 32.2. The zero-order valence-electron chi connectivity index (χ0n) is 13.4. The highest BCUT2D eigenvalue weighted by Crippen LogP contribution is 2.31. The molecular weight excluding hydrogens is 358 g/mol. The fraction of sp³-hybridized carbons (Fsp3) is 0.235. The maximum absolute atomic E-state index is 12.4. The van der Waals surface area contributed by atoms with Gasteiger partial charge in [0.15, 0.2) is 5.13 Å². The molecule has 1 aromatic heterocycles. The van der Waals surface area contributed by atoms with Crippen LogP contribution in [0.1, 0.15) is 0 Å². The van der Waals surface area contributed by atoms with Gasteiger partial charge in [-0.3, -0.25) is 4.72 Å². The van der Waals surface area contributed by atoms with Gasteiger partial charge in [0, 0.05) is 13.1 Å². The molecule has 0 spiro atoms. The van der Waals surface area contributed by atoms with Gasteiger partial charge >= 0.3 is 0 Å². The molecule has 130 valence electrons. The predicted octanol–water partition coefficient (Wildman–Crippen LogP) is 2.93. The zero-order chi connectivity index (χ0) is 17.3. The van der Waals surface area contributed by atoms with Crippen LogP contribution < -0.4 is 9.62 Å². The number of nitrogens with one attached hydrogen (secondary N) is 1. The van der Waals surface area contributed by atoms with Crippen LogP contribution in [0.15, 0.2) is 53.4 Å². The first-order valence-electron chi connectivity index (χ1n) is 7.93. The topological polar surface area (TPSA) is 71.5 Å². The molecule has 0 unspecified atom stereocenters. The van der Waals surface area contributed by atoms with E-state index >= 15 is 0 Å². The molecule has 1 fully saturated rings. The fourth-order valence-electron chi connectivity index (χ4n) is 2.68. The SMILES string of the molecule is O=S(=O)(Nc1ccc2nc(N3CCOCC3)sc2c1)c1ccccc1. The third-order valence-electron chi connectivity index (χ3n) is 3.96. The van der Waals surface area contributed by atoms with Crippen LogP contribution in [0.4, 0.5) is 10.8 Å². The summed E-state index contributed by atoms with van der Waals surface area (Å²) in [7, 11) is -3.59. The Kier molecular flexibility index (Phi) is 4.32. The third-order valence-corrected chi connectivity index (χ3v) is 6.44. The van der Waals surface area contributed by atoms with Crippen LogP contribution in [0.5, 0.6) is 0 Å². The Labute approximate surface area is 150 Å². The molecule has 1 aliphatic heterocycles. The first-order valence-corrected chi connectivity index (χ1v) is 10.2. The van der Waals surface area contributed by atoms with Crippen molar-refractivity contribution < 1.29 is 13.2 Å². The van der Waals surface area contributed by atoms with Gasteiger partial charge in [0.25, 0.3) is 10.0 Å². The average Bonchev–Trinajstić information content (AvgIpc) is 3.06. The number of hydrogen-bond donors (Lipinski definition) is 1. The fourth-order valence-corrected chi connectivity index (χ4v) is 4.81. The minimum absolute atomic E-state index is 0.244. The van der Waals surface area contributed by atoms with Gasteiger partial charge in [-0.05, 0) is 30.3 Å². The molecule has 0 amide bonds. The molecule has 1 aliphatic rings. The first kappa shape index (κ1) is 16.3. The Morgan fingerprint density at radius 2 is 1.84 bits per heavy atom. The molecule has 25 heavy (non-hydrogen) atoms. The lowest BCUT2D eigenvalue weighted by atomic mass is 10.3. The van der Waals surface area contributed by atoms with Crippen LogP contribution >= 0.6 is 11.3 Å². The van der Waals surface area contributed by atoms with Gasteiger partial charge in [0.2, 0.25) is 0 Å². The molecule has 0 radical (unpaired) electrons.